The molecule has 0 radical (unpaired) electrons. The zero-order valence-corrected chi connectivity index (χ0v) is 27.5. The molecule has 0 atom stereocenters. The first-order chi connectivity index (χ1) is 20.4. The zero-order valence-electron chi connectivity index (χ0n) is 25.2. The number of hydrogen-bond acceptors (Lipinski definition) is 4. The van der Waals surface area contributed by atoms with Gasteiger partial charge in [-0.3, -0.25) is 9.59 Å². The summed E-state index contributed by atoms with van der Waals surface area (Å²) in [7, 11) is 0. The van der Waals surface area contributed by atoms with Gasteiger partial charge in [0.2, 0.25) is 0 Å². The Kier molecular flexibility index (Phi) is 7.93. The number of Topliss-reactive ketones (excluding diaryl/α,β-unsaturated/α-hetero) is 2. The van der Waals surface area contributed by atoms with Crippen molar-refractivity contribution in [3.05, 3.63) is 122 Å². The Morgan fingerprint density at radius 1 is 0.814 bits per heavy atom. The predicted molar refractivity (Wildman–Crippen MR) is 175 cm³/mol. The van der Waals surface area contributed by atoms with Crippen LogP contribution in [0.5, 0.6) is 5.75 Å². The van der Waals surface area contributed by atoms with Gasteiger partial charge in [0, 0.05) is 57.9 Å². The number of allylic oxidation sites excluding steroid dienone is 4. The Morgan fingerprint density at radius 3 is 1.98 bits per heavy atom. The van der Waals surface area contributed by atoms with Gasteiger partial charge in [-0.05, 0) is 53.0 Å². The van der Waals surface area contributed by atoms with Gasteiger partial charge in [-0.15, -0.1) is 0 Å². The summed E-state index contributed by atoms with van der Waals surface area (Å²) >= 11 is 10.4. The van der Waals surface area contributed by atoms with Crippen molar-refractivity contribution in [2.45, 2.75) is 72.4 Å². The van der Waals surface area contributed by atoms with Crippen LogP contribution < -0.4 is 4.74 Å². The maximum Gasteiger partial charge on any atom is 0.162 e. The highest BCUT2D eigenvalue weighted by Crippen LogP contribution is 2.55. The Labute approximate surface area is 267 Å². The zero-order chi connectivity index (χ0) is 30.5. The first-order valence-corrected chi connectivity index (χ1v) is 16.1. The van der Waals surface area contributed by atoms with Crippen LogP contribution in [0.1, 0.15) is 76.0 Å². The number of carbonyl (C=O) groups is 2. The summed E-state index contributed by atoms with van der Waals surface area (Å²) in [6.07, 6.45) is 2.43. The molecule has 3 aliphatic rings. The topological polar surface area (TPSA) is 46.6 Å². The second kappa shape index (κ2) is 11.4. The van der Waals surface area contributed by atoms with E-state index < -0.39 is 5.92 Å². The number of rotatable bonds is 6. The second-order valence-electron chi connectivity index (χ2n) is 13.7. The lowest BCUT2D eigenvalue weighted by Gasteiger charge is -2.49. The molecule has 0 amide bonds. The number of ether oxygens (including phenoxy) is 1. The van der Waals surface area contributed by atoms with E-state index in [9.17, 15) is 9.59 Å². The maximum absolute atomic E-state index is 14.1. The maximum atomic E-state index is 14.1. The van der Waals surface area contributed by atoms with E-state index in [0.29, 0.717) is 36.8 Å². The van der Waals surface area contributed by atoms with Crippen molar-refractivity contribution in [1.82, 2.24) is 4.90 Å². The fourth-order valence-corrected chi connectivity index (χ4v) is 7.57. The van der Waals surface area contributed by atoms with Crippen molar-refractivity contribution < 1.29 is 14.3 Å². The highest BCUT2D eigenvalue weighted by atomic mass is 79.9. The summed E-state index contributed by atoms with van der Waals surface area (Å²) in [4.78, 5) is 30.5. The van der Waals surface area contributed by atoms with Crippen molar-refractivity contribution in [3.63, 3.8) is 0 Å². The average molecular weight is 659 g/mol. The molecule has 0 aromatic heterocycles. The molecule has 0 saturated carbocycles. The molecule has 6 heteroatoms. The lowest BCUT2D eigenvalue weighted by molar-refractivity contribution is -0.119. The molecule has 1 aliphatic heterocycles. The first-order valence-electron chi connectivity index (χ1n) is 14.9. The van der Waals surface area contributed by atoms with Gasteiger partial charge in [-0.1, -0.05) is 110 Å². The van der Waals surface area contributed by atoms with Gasteiger partial charge < -0.3 is 9.64 Å². The van der Waals surface area contributed by atoms with Crippen molar-refractivity contribution in [2.75, 3.05) is 0 Å². The van der Waals surface area contributed by atoms with Gasteiger partial charge in [0.1, 0.15) is 12.4 Å². The number of carbonyl (C=O) groups excluding carboxylic acids is 2. The summed E-state index contributed by atoms with van der Waals surface area (Å²) in [5.74, 6) is 0.352. The van der Waals surface area contributed by atoms with Crippen molar-refractivity contribution in [2.24, 2.45) is 10.8 Å². The molecule has 6 rings (SSSR count). The van der Waals surface area contributed by atoms with E-state index >= 15 is 0 Å². The molecule has 0 saturated heterocycles. The molecule has 0 N–H and O–H groups in total. The molecule has 43 heavy (non-hydrogen) atoms. The lowest BCUT2D eigenvalue weighted by atomic mass is 9.63. The molecule has 0 unspecified atom stereocenters. The minimum atomic E-state index is -0.445. The SMILES string of the molecule is CC1(C)CC(=O)C2=C(C1)N(Cc1ccccc1)C1=C(C(=O)CC(C)(C)C1)C2c1ccc(OCc2ccccc2Br)c(Cl)c1. The van der Waals surface area contributed by atoms with Gasteiger partial charge in [0.05, 0.1) is 5.02 Å². The molecular formula is C37H37BrClNO3. The Hall–Kier alpha value is -3.15. The van der Waals surface area contributed by atoms with Gasteiger partial charge in [-0.25, -0.2) is 0 Å². The average Bonchev–Trinajstić information content (AvgIpc) is 2.93. The van der Waals surface area contributed by atoms with Crippen molar-refractivity contribution in [1.29, 1.82) is 0 Å². The summed E-state index contributed by atoms with van der Waals surface area (Å²) in [6, 6.07) is 24.0. The molecule has 3 aromatic carbocycles. The second-order valence-corrected chi connectivity index (χ2v) is 14.9. The van der Waals surface area contributed by atoms with E-state index in [4.69, 9.17) is 16.3 Å². The van der Waals surface area contributed by atoms with E-state index in [-0.39, 0.29) is 22.4 Å². The van der Waals surface area contributed by atoms with E-state index in [1.54, 1.807) is 0 Å². The van der Waals surface area contributed by atoms with Crippen LogP contribution in [0.2, 0.25) is 5.02 Å². The molecule has 4 nitrogen and oxygen atoms in total. The monoisotopic (exact) mass is 657 g/mol. The van der Waals surface area contributed by atoms with Crippen LogP contribution in [0, 0.1) is 10.8 Å². The largest absolute Gasteiger partial charge is 0.487 e. The quantitative estimate of drug-likeness (QED) is 0.265. The number of halogens is 2. The van der Waals surface area contributed by atoms with Crippen LogP contribution in [0.25, 0.3) is 0 Å². The first kappa shape index (κ1) is 29.9. The molecule has 0 fully saturated rings. The Balaban J connectivity index is 1.46. The Morgan fingerprint density at radius 2 is 1.40 bits per heavy atom. The highest BCUT2D eigenvalue weighted by molar-refractivity contribution is 9.10. The lowest BCUT2D eigenvalue weighted by Crippen LogP contribution is -2.44. The van der Waals surface area contributed by atoms with Gasteiger partial charge in [0.15, 0.2) is 11.6 Å². The van der Waals surface area contributed by atoms with Crippen LogP contribution in [0.15, 0.2) is 99.8 Å². The fraction of sp³-hybridized carbons (Fsp3) is 0.351. The summed E-state index contributed by atoms with van der Waals surface area (Å²) in [5.41, 5.74) is 6.27. The normalized spacial score (nSPS) is 19.8. The molecule has 0 spiro atoms. The van der Waals surface area contributed by atoms with E-state index in [0.717, 1.165) is 56.5 Å². The smallest absolute Gasteiger partial charge is 0.162 e. The molecule has 1 heterocycles. The van der Waals surface area contributed by atoms with Gasteiger partial charge >= 0.3 is 0 Å². The number of ketones is 2. The minimum Gasteiger partial charge on any atom is -0.487 e. The third kappa shape index (κ3) is 5.99. The highest BCUT2D eigenvalue weighted by Gasteiger charge is 2.49. The van der Waals surface area contributed by atoms with Crippen LogP contribution in [0.4, 0.5) is 0 Å². The third-order valence-electron chi connectivity index (χ3n) is 8.84. The molecule has 3 aromatic rings. The molecule has 0 bridgehead atoms. The van der Waals surface area contributed by atoms with Crippen molar-refractivity contribution >= 4 is 39.1 Å². The molecule has 222 valence electrons. The van der Waals surface area contributed by atoms with Crippen LogP contribution in [-0.4, -0.2) is 16.5 Å². The van der Waals surface area contributed by atoms with Gasteiger partial charge in [-0.2, -0.15) is 0 Å². The minimum absolute atomic E-state index is 0.115. The predicted octanol–water partition coefficient (Wildman–Crippen LogP) is 9.57. The summed E-state index contributed by atoms with van der Waals surface area (Å²) in [6.45, 7) is 9.65. The van der Waals surface area contributed by atoms with Crippen LogP contribution in [-0.2, 0) is 22.7 Å². The van der Waals surface area contributed by atoms with E-state index in [2.05, 4.69) is 60.7 Å². The Bertz CT molecular complexity index is 1620. The third-order valence-corrected chi connectivity index (χ3v) is 9.90. The fourth-order valence-electron chi connectivity index (χ4n) is 6.92. The summed E-state index contributed by atoms with van der Waals surface area (Å²) in [5, 5.41) is 0.466. The van der Waals surface area contributed by atoms with Crippen molar-refractivity contribution in [3.8, 4) is 5.75 Å². The van der Waals surface area contributed by atoms with E-state index in [1.807, 2.05) is 60.7 Å². The summed E-state index contributed by atoms with van der Waals surface area (Å²) < 4.78 is 7.09. The molecular weight excluding hydrogens is 622 g/mol. The van der Waals surface area contributed by atoms with Crippen LogP contribution >= 0.6 is 27.5 Å². The molecule has 2 aliphatic carbocycles. The van der Waals surface area contributed by atoms with E-state index in [1.165, 1.54) is 0 Å². The number of hydrogen-bond donors (Lipinski definition) is 0. The van der Waals surface area contributed by atoms with Gasteiger partial charge in [0.25, 0.3) is 0 Å². The number of benzene rings is 3. The number of nitrogens with zero attached hydrogens (tertiary/aromatic N) is 1. The van der Waals surface area contributed by atoms with Crippen LogP contribution in [0.3, 0.4) is 0 Å². The standard InChI is InChI=1S/C37H37BrClNO3/c1-36(2)17-28-34(30(41)19-36)33(24-14-15-32(27(39)16-24)43-22-25-12-8-9-13-26(25)38)35-29(18-37(3,4)20-31(35)42)40(28)21-23-10-6-5-7-11-23/h5-16,33H,17-22H2,1-4H3.